The van der Waals surface area contributed by atoms with Gasteiger partial charge in [0.05, 0.1) is 25.4 Å². The van der Waals surface area contributed by atoms with Gasteiger partial charge in [-0.05, 0) is 18.4 Å². The number of aliphatic carboxylic acids is 2. The summed E-state index contributed by atoms with van der Waals surface area (Å²) in [6.45, 7) is -0.860. The third-order valence-electron chi connectivity index (χ3n) is 4.38. The molecule has 33 heavy (non-hydrogen) atoms. The van der Waals surface area contributed by atoms with E-state index in [0.29, 0.717) is 11.4 Å². The maximum absolute atomic E-state index is 12.8. The Morgan fingerprint density at radius 2 is 1.67 bits per heavy atom. The van der Waals surface area contributed by atoms with Crippen LogP contribution in [0.3, 0.4) is 0 Å². The van der Waals surface area contributed by atoms with Crippen molar-refractivity contribution in [3.63, 3.8) is 0 Å². The van der Waals surface area contributed by atoms with Crippen LogP contribution in [0.15, 0.2) is 12.5 Å². The Kier molecular flexibility index (Phi) is 11.9. The van der Waals surface area contributed by atoms with Crippen LogP contribution in [0.2, 0.25) is 0 Å². The van der Waals surface area contributed by atoms with Gasteiger partial charge in [-0.15, -0.1) is 0 Å². The smallest absolute Gasteiger partial charge is 0.326 e. The van der Waals surface area contributed by atoms with Crippen molar-refractivity contribution in [3.05, 3.63) is 18.2 Å². The third kappa shape index (κ3) is 9.88. The van der Waals surface area contributed by atoms with Crippen LogP contribution in [0.25, 0.3) is 0 Å². The fraction of sp³-hybridized carbons (Fsp3) is 0.556. The summed E-state index contributed by atoms with van der Waals surface area (Å²) in [6, 6.07) is -5.44. The standard InChI is InChI=1S/C18H28N6O8S/c1-33-3-2-11(18(31)32)22-16(29)12(4-9-6-20-8-21-9)23-17(30)13(7-25)24-15(28)10(19)5-14(26)27/h6,8,10-13,25H,2-5,7,19H2,1H3,(H,20,21)(H,22,29)(H,23,30)(H,24,28)(H,26,27)(H,31,32). The molecule has 4 atom stereocenters. The first-order valence-corrected chi connectivity index (χ1v) is 11.2. The molecule has 184 valence electrons. The van der Waals surface area contributed by atoms with E-state index in [1.54, 1.807) is 6.26 Å². The average molecular weight is 489 g/mol. The van der Waals surface area contributed by atoms with Crippen LogP contribution in [0.4, 0.5) is 0 Å². The van der Waals surface area contributed by atoms with Crippen molar-refractivity contribution in [1.82, 2.24) is 25.9 Å². The topological polar surface area (TPSA) is 237 Å². The second kappa shape index (κ2) is 14.1. The summed E-state index contributed by atoms with van der Waals surface area (Å²) < 4.78 is 0. The van der Waals surface area contributed by atoms with Crippen LogP contribution >= 0.6 is 11.8 Å². The first-order chi connectivity index (χ1) is 15.6. The number of imidazole rings is 1. The predicted molar refractivity (Wildman–Crippen MR) is 116 cm³/mol. The molecule has 14 nitrogen and oxygen atoms in total. The molecule has 1 aromatic rings. The van der Waals surface area contributed by atoms with Crippen molar-refractivity contribution in [2.45, 2.75) is 43.4 Å². The minimum Gasteiger partial charge on any atom is -0.481 e. The lowest BCUT2D eigenvalue weighted by Gasteiger charge is -2.24. The Hall–Kier alpha value is -3.17. The molecular weight excluding hydrogens is 460 g/mol. The van der Waals surface area contributed by atoms with Crippen LogP contribution in [0.5, 0.6) is 0 Å². The van der Waals surface area contributed by atoms with Crippen LogP contribution < -0.4 is 21.7 Å². The number of hydrogen-bond acceptors (Lipinski definition) is 9. The van der Waals surface area contributed by atoms with E-state index in [-0.39, 0.29) is 12.8 Å². The number of carbonyl (C=O) groups excluding carboxylic acids is 3. The summed E-state index contributed by atoms with van der Waals surface area (Å²) in [7, 11) is 0. The van der Waals surface area contributed by atoms with Crippen LogP contribution in [0.1, 0.15) is 18.5 Å². The number of aromatic nitrogens is 2. The largest absolute Gasteiger partial charge is 0.481 e. The number of carbonyl (C=O) groups is 5. The Morgan fingerprint density at radius 3 is 2.18 bits per heavy atom. The number of aliphatic hydroxyl groups excluding tert-OH is 1. The van der Waals surface area contributed by atoms with E-state index < -0.39 is 66.9 Å². The fourth-order valence-electron chi connectivity index (χ4n) is 2.62. The molecule has 0 saturated carbocycles. The lowest BCUT2D eigenvalue weighted by Crippen LogP contribution is -2.58. The first-order valence-electron chi connectivity index (χ1n) is 9.77. The molecule has 0 bridgehead atoms. The number of aromatic amines is 1. The second-order valence-corrected chi connectivity index (χ2v) is 7.96. The molecule has 1 heterocycles. The summed E-state index contributed by atoms with van der Waals surface area (Å²) in [5, 5.41) is 34.4. The minimum atomic E-state index is -1.53. The van der Waals surface area contributed by atoms with E-state index in [2.05, 4.69) is 25.9 Å². The van der Waals surface area contributed by atoms with Crippen LogP contribution in [-0.2, 0) is 30.4 Å². The molecular formula is C18H28N6O8S. The number of aliphatic hydroxyl groups is 1. The van der Waals surface area contributed by atoms with Gasteiger partial charge in [0.1, 0.15) is 18.1 Å². The highest BCUT2D eigenvalue weighted by Crippen LogP contribution is 2.05. The molecule has 4 unspecified atom stereocenters. The zero-order valence-corrected chi connectivity index (χ0v) is 18.6. The number of nitrogens with two attached hydrogens (primary N) is 1. The maximum atomic E-state index is 12.8. The number of thioether (sulfide) groups is 1. The highest BCUT2D eigenvalue weighted by atomic mass is 32.2. The Labute approximate surface area is 193 Å². The molecule has 0 spiro atoms. The molecule has 15 heteroatoms. The first kappa shape index (κ1) is 27.9. The fourth-order valence-corrected chi connectivity index (χ4v) is 3.09. The average Bonchev–Trinajstić information content (AvgIpc) is 3.26. The lowest BCUT2D eigenvalue weighted by molar-refractivity contribution is -0.142. The van der Waals surface area contributed by atoms with Gasteiger partial charge in [0.25, 0.3) is 0 Å². The van der Waals surface area contributed by atoms with Gasteiger partial charge in [-0.3, -0.25) is 19.2 Å². The van der Waals surface area contributed by atoms with E-state index in [9.17, 15) is 34.2 Å². The predicted octanol–water partition coefficient (Wildman–Crippen LogP) is -2.96. The van der Waals surface area contributed by atoms with Crippen molar-refractivity contribution in [3.8, 4) is 0 Å². The zero-order chi connectivity index (χ0) is 25.0. The summed E-state index contributed by atoms with van der Waals surface area (Å²) >= 11 is 1.40. The number of carboxylic acids is 2. The van der Waals surface area contributed by atoms with Crippen molar-refractivity contribution in [2.24, 2.45) is 5.73 Å². The number of H-pyrrole nitrogens is 1. The number of hydrogen-bond donors (Lipinski definition) is 8. The number of nitrogens with one attached hydrogen (secondary N) is 4. The van der Waals surface area contributed by atoms with Crippen molar-refractivity contribution in [1.29, 1.82) is 0 Å². The Bertz CT molecular complexity index is 821. The van der Waals surface area contributed by atoms with Crippen LogP contribution in [0, 0.1) is 0 Å². The normalized spacial score (nSPS) is 14.4. The van der Waals surface area contributed by atoms with Crippen LogP contribution in [-0.4, -0.2) is 97.7 Å². The third-order valence-corrected chi connectivity index (χ3v) is 5.03. The number of carboxylic acid groups (broad SMARTS) is 2. The maximum Gasteiger partial charge on any atom is 0.326 e. The SMILES string of the molecule is CSCCC(NC(=O)C(Cc1cnc[nH]1)NC(=O)C(CO)NC(=O)C(N)CC(=O)O)C(=O)O. The van der Waals surface area contributed by atoms with E-state index >= 15 is 0 Å². The molecule has 1 rings (SSSR count). The van der Waals surface area contributed by atoms with Gasteiger partial charge in [0.15, 0.2) is 0 Å². The second-order valence-electron chi connectivity index (χ2n) is 6.97. The summed E-state index contributed by atoms with van der Waals surface area (Å²) in [6.07, 6.45) is 3.92. The summed E-state index contributed by atoms with van der Waals surface area (Å²) in [5.74, 6) is -4.82. The molecule has 9 N–H and O–H groups in total. The van der Waals surface area contributed by atoms with Crippen molar-refractivity contribution < 1.29 is 39.3 Å². The zero-order valence-electron chi connectivity index (χ0n) is 17.8. The monoisotopic (exact) mass is 488 g/mol. The van der Waals surface area contributed by atoms with Gasteiger partial charge in [-0.25, -0.2) is 9.78 Å². The number of nitrogens with zero attached hydrogens (tertiary/aromatic N) is 1. The lowest BCUT2D eigenvalue weighted by atomic mass is 10.1. The van der Waals surface area contributed by atoms with E-state index in [1.807, 2.05) is 0 Å². The highest BCUT2D eigenvalue weighted by molar-refractivity contribution is 7.98. The molecule has 1 aromatic heterocycles. The summed E-state index contributed by atoms with van der Waals surface area (Å²) in [5.41, 5.74) is 5.90. The minimum absolute atomic E-state index is 0.0862. The quantitative estimate of drug-likeness (QED) is 0.124. The Morgan fingerprint density at radius 1 is 1.06 bits per heavy atom. The number of amides is 3. The molecule has 0 radical (unpaired) electrons. The molecule has 0 aliphatic carbocycles. The van der Waals surface area contributed by atoms with Crippen molar-refractivity contribution >= 4 is 41.4 Å². The molecule has 0 aliphatic rings. The molecule has 0 fully saturated rings. The van der Waals surface area contributed by atoms with Gasteiger partial charge in [0, 0.05) is 18.3 Å². The van der Waals surface area contributed by atoms with Crippen molar-refractivity contribution in [2.75, 3.05) is 18.6 Å². The van der Waals surface area contributed by atoms with Gasteiger partial charge in [-0.1, -0.05) is 0 Å². The van der Waals surface area contributed by atoms with E-state index in [4.69, 9.17) is 10.8 Å². The van der Waals surface area contributed by atoms with Gasteiger partial charge in [-0.2, -0.15) is 11.8 Å². The molecule has 3 amide bonds. The Balaban J connectivity index is 2.93. The van der Waals surface area contributed by atoms with E-state index in [0.717, 1.165) is 0 Å². The van der Waals surface area contributed by atoms with Gasteiger partial charge < -0.3 is 42.0 Å². The van der Waals surface area contributed by atoms with Gasteiger partial charge in [0.2, 0.25) is 17.7 Å². The number of rotatable bonds is 15. The molecule has 0 aromatic carbocycles. The summed E-state index contributed by atoms with van der Waals surface area (Å²) in [4.78, 5) is 66.1. The van der Waals surface area contributed by atoms with E-state index in [1.165, 1.54) is 24.3 Å². The highest BCUT2D eigenvalue weighted by Gasteiger charge is 2.30. The van der Waals surface area contributed by atoms with Gasteiger partial charge >= 0.3 is 11.9 Å². The molecule has 0 aliphatic heterocycles. The molecule has 0 saturated heterocycles.